The molecule has 0 fully saturated rings. The van der Waals surface area contributed by atoms with Gasteiger partial charge in [0, 0.05) is 28.7 Å². The molecule has 0 unspecified atom stereocenters. The maximum Gasteiger partial charge on any atom is 0.227 e. The molecular weight excluding hydrogens is 300 g/mol. The summed E-state index contributed by atoms with van der Waals surface area (Å²) in [6.07, 6.45) is 3.85. The SMILES string of the molecule is C[Si](C)(C)c1ccc(-c2cnc3oc4ccccc4c3c2)nc1. The van der Waals surface area contributed by atoms with Crippen molar-refractivity contribution in [3.8, 4) is 11.3 Å². The third-order valence-corrected chi connectivity index (χ3v) is 6.19. The number of furan rings is 1. The lowest BCUT2D eigenvalue weighted by atomic mass is 10.1. The number of benzene rings is 1. The lowest BCUT2D eigenvalue weighted by Gasteiger charge is -2.16. The van der Waals surface area contributed by atoms with E-state index in [2.05, 4.69) is 53.9 Å². The van der Waals surface area contributed by atoms with Gasteiger partial charge in [-0.2, -0.15) is 0 Å². The van der Waals surface area contributed by atoms with Crippen molar-refractivity contribution >= 4 is 35.3 Å². The topological polar surface area (TPSA) is 38.9 Å². The predicted molar refractivity (Wildman–Crippen MR) is 97.7 cm³/mol. The van der Waals surface area contributed by atoms with E-state index >= 15 is 0 Å². The summed E-state index contributed by atoms with van der Waals surface area (Å²) in [5.74, 6) is 0. The Balaban J connectivity index is 1.84. The van der Waals surface area contributed by atoms with Crippen LogP contribution >= 0.6 is 0 Å². The zero-order valence-corrected chi connectivity index (χ0v) is 14.5. The van der Waals surface area contributed by atoms with Crippen molar-refractivity contribution in [3.63, 3.8) is 0 Å². The predicted octanol–water partition coefficient (Wildman–Crippen LogP) is 4.59. The van der Waals surface area contributed by atoms with E-state index in [1.165, 1.54) is 5.19 Å². The molecule has 0 saturated heterocycles. The maximum absolute atomic E-state index is 5.78. The second-order valence-corrected chi connectivity index (χ2v) is 11.9. The van der Waals surface area contributed by atoms with Gasteiger partial charge in [0.1, 0.15) is 5.58 Å². The molecule has 4 rings (SSSR count). The van der Waals surface area contributed by atoms with Crippen LogP contribution in [0.5, 0.6) is 0 Å². The lowest BCUT2D eigenvalue weighted by molar-refractivity contribution is 0.654. The van der Waals surface area contributed by atoms with Crippen LogP contribution < -0.4 is 5.19 Å². The Labute approximate surface area is 136 Å². The molecule has 0 N–H and O–H groups in total. The van der Waals surface area contributed by atoms with Crippen molar-refractivity contribution in [1.82, 2.24) is 9.97 Å². The molecule has 23 heavy (non-hydrogen) atoms. The molecule has 3 aromatic heterocycles. The van der Waals surface area contributed by atoms with Crippen molar-refractivity contribution in [2.24, 2.45) is 0 Å². The highest BCUT2D eigenvalue weighted by atomic mass is 28.3. The zero-order chi connectivity index (χ0) is 16.0. The van der Waals surface area contributed by atoms with Crippen molar-refractivity contribution in [3.05, 3.63) is 54.9 Å². The first-order valence-corrected chi connectivity index (χ1v) is 11.3. The van der Waals surface area contributed by atoms with Crippen molar-refractivity contribution in [2.45, 2.75) is 19.6 Å². The summed E-state index contributed by atoms with van der Waals surface area (Å²) in [6.45, 7) is 6.98. The summed E-state index contributed by atoms with van der Waals surface area (Å²) >= 11 is 0. The van der Waals surface area contributed by atoms with Gasteiger partial charge in [0.25, 0.3) is 0 Å². The fourth-order valence-electron chi connectivity index (χ4n) is 2.76. The van der Waals surface area contributed by atoms with Gasteiger partial charge in [-0.05, 0) is 23.4 Å². The maximum atomic E-state index is 5.78. The number of hydrogen-bond acceptors (Lipinski definition) is 3. The van der Waals surface area contributed by atoms with Gasteiger partial charge in [0.15, 0.2) is 0 Å². The van der Waals surface area contributed by atoms with Crippen LogP contribution in [0.25, 0.3) is 33.3 Å². The summed E-state index contributed by atoms with van der Waals surface area (Å²) in [7, 11) is -1.32. The molecule has 0 atom stereocenters. The molecule has 0 bridgehead atoms. The van der Waals surface area contributed by atoms with Crippen molar-refractivity contribution < 1.29 is 4.42 Å². The van der Waals surface area contributed by atoms with E-state index in [0.717, 1.165) is 27.6 Å². The summed E-state index contributed by atoms with van der Waals surface area (Å²) < 4.78 is 5.78. The van der Waals surface area contributed by atoms with E-state index in [0.29, 0.717) is 5.71 Å². The molecule has 1 aromatic carbocycles. The number of para-hydroxylation sites is 1. The summed E-state index contributed by atoms with van der Waals surface area (Å²) in [5, 5.41) is 3.49. The van der Waals surface area contributed by atoms with Gasteiger partial charge in [0.2, 0.25) is 5.71 Å². The van der Waals surface area contributed by atoms with Gasteiger partial charge >= 0.3 is 0 Å². The van der Waals surface area contributed by atoms with Gasteiger partial charge in [0.05, 0.1) is 13.8 Å². The average molecular weight is 318 g/mol. The van der Waals surface area contributed by atoms with E-state index in [9.17, 15) is 0 Å². The second-order valence-electron chi connectivity index (χ2n) is 6.86. The van der Waals surface area contributed by atoms with E-state index < -0.39 is 8.07 Å². The molecule has 3 nitrogen and oxygen atoms in total. The van der Waals surface area contributed by atoms with Gasteiger partial charge in [-0.1, -0.05) is 43.9 Å². The molecule has 114 valence electrons. The van der Waals surface area contributed by atoms with Crippen LogP contribution in [0, 0.1) is 0 Å². The smallest absolute Gasteiger partial charge is 0.227 e. The molecule has 4 heteroatoms. The Morgan fingerprint density at radius 1 is 0.870 bits per heavy atom. The van der Waals surface area contributed by atoms with E-state index in [4.69, 9.17) is 4.42 Å². The number of pyridine rings is 2. The van der Waals surface area contributed by atoms with Gasteiger partial charge in [-0.3, -0.25) is 4.98 Å². The van der Waals surface area contributed by atoms with Crippen molar-refractivity contribution in [2.75, 3.05) is 0 Å². The molecule has 0 aliphatic rings. The summed E-state index contributed by atoms with van der Waals surface area (Å²) in [4.78, 5) is 9.12. The first-order chi connectivity index (χ1) is 11.0. The first kappa shape index (κ1) is 14.1. The normalized spacial score (nSPS) is 12.1. The Morgan fingerprint density at radius 3 is 2.43 bits per heavy atom. The van der Waals surface area contributed by atoms with Gasteiger partial charge < -0.3 is 4.42 Å². The highest BCUT2D eigenvalue weighted by molar-refractivity contribution is 6.88. The van der Waals surface area contributed by atoms with E-state index in [1.54, 1.807) is 0 Å². The number of rotatable bonds is 2. The van der Waals surface area contributed by atoms with Crippen LogP contribution in [0.4, 0.5) is 0 Å². The quantitative estimate of drug-likeness (QED) is 0.507. The van der Waals surface area contributed by atoms with Crippen LogP contribution in [0.1, 0.15) is 0 Å². The number of aromatic nitrogens is 2. The molecular formula is C19H18N2OSi. The first-order valence-electron chi connectivity index (χ1n) is 7.76. The van der Waals surface area contributed by atoms with Crippen LogP contribution in [0.2, 0.25) is 19.6 Å². The fourth-order valence-corrected chi connectivity index (χ4v) is 3.79. The summed E-state index contributed by atoms with van der Waals surface area (Å²) in [6, 6.07) is 14.4. The number of fused-ring (bicyclic) bond motifs is 3. The summed E-state index contributed by atoms with van der Waals surface area (Å²) in [5.41, 5.74) is 3.51. The largest absolute Gasteiger partial charge is 0.438 e. The fraction of sp³-hybridized carbons (Fsp3) is 0.158. The standard InChI is InChI=1S/C19H18N2OSi/c1-23(2,3)14-8-9-17(20-12-14)13-10-16-15-6-4-5-7-18(15)22-19(16)21-11-13/h4-12H,1-3H3. The minimum absolute atomic E-state index is 0.675. The minimum atomic E-state index is -1.32. The van der Waals surface area contributed by atoms with E-state index in [-0.39, 0.29) is 0 Å². The Bertz CT molecular complexity index is 997. The minimum Gasteiger partial charge on any atom is -0.438 e. The number of hydrogen-bond donors (Lipinski definition) is 0. The molecule has 0 saturated carbocycles. The van der Waals surface area contributed by atoms with Gasteiger partial charge in [-0.25, -0.2) is 4.98 Å². The van der Waals surface area contributed by atoms with Crippen LogP contribution in [-0.2, 0) is 0 Å². The highest BCUT2D eigenvalue weighted by Crippen LogP contribution is 2.29. The number of nitrogens with zero attached hydrogens (tertiary/aromatic N) is 2. The van der Waals surface area contributed by atoms with E-state index in [1.807, 2.05) is 30.6 Å². The second kappa shape index (κ2) is 5.03. The monoisotopic (exact) mass is 318 g/mol. The highest BCUT2D eigenvalue weighted by Gasteiger charge is 2.17. The molecule has 0 radical (unpaired) electrons. The van der Waals surface area contributed by atoms with Crippen LogP contribution in [-0.4, -0.2) is 18.0 Å². The molecule has 0 amide bonds. The zero-order valence-electron chi connectivity index (χ0n) is 13.5. The van der Waals surface area contributed by atoms with Crippen molar-refractivity contribution in [1.29, 1.82) is 0 Å². The Hall–Kier alpha value is -2.46. The Morgan fingerprint density at radius 2 is 1.70 bits per heavy atom. The third kappa shape index (κ3) is 2.45. The van der Waals surface area contributed by atoms with Crippen LogP contribution in [0.3, 0.4) is 0 Å². The van der Waals surface area contributed by atoms with Crippen LogP contribution in [0.15, 0.2) is 59.3 Å². The molecule has 0 spiro atoms. The Kier molecular flexibility index (Phi) is 3.09. The van der Waals surface area contributed by atoms with Gasteiger partial charge in [-0.15, -0.1) is 0 Å². The third-order valence-electron chi connectivity index (χ3n) is 4.16. The molecule has 3 heterocycles. The molecule has 0 aliphatic heterocycles. The lowest BCUT2D eigenvalue weighted by Crippen LogP contribution is -2.37. The average Bonchev–Trinajstić information content (AvgIpc) is 2.92. The molecule has 0 aliphatic carbocycles. The molecule has 4 aromatic rings.